The molecule has 2 aromatic carbocycles. The first-order valence-corrected chi connectivity index (χ1v) is 9.26. The van der Waals surface area contributed by atoms with Gasteiger partial charge in [0.25, 0.3) is 0 Å². The Balaban J connectivity index is 2.09. The molecule has 5 nitrogen and oxygen atoms in total. The first-order valence-electron chi connectivity index (χ1n) is 9.26. The van der Waals surface area contributed by atoms with Crippen LogP contribution < -0.4 is 14.8 Å². The summed E-state index contributed by atoms with van der Waals surface area (Å²) >= 11 is 0. The summed E-state index contributed by atoms with van der Waals surface area (Å²) in [6, 6.07) is 10.2. The number of benzene rings is 2. The Morgan fingerprint density at radius 2 is 1.43 bits per heavy atom. The van der Waals surface area contributed by atoms with Gasteiger partial charge < -0.3 is 14.8 Å². The number of aryl methyl sites for hydroxylation is 4. The topological polar surface area (TPSA) is 56.3 Å². The van der Waals surface area contributed by atoms with Crippen LogP contribution in [0.1, 0.15) is 28.1 Å². The van der Waals surface area contributed by atoms with E-state index in [2.05, 4.69) is 48.2 Å². The summed E-state index contributed by atoms with van der Waals surface area (Å²) in [5.41, 5.74) is 7.55. The summed E-state index contributed by atoms with van der Waals surface area (Å²) in [4.78, 5) is 9.34. The Bertz CT molecular complexity index is 1010. The van der Waals surface area contributed by atoms with Crippen LogP contribution >= 0.6 is 0 Å². The number of rotatable bonds is 5. The van der Waals surface area contributed by atoms with Crippen LogP contribution in [-0.2, 0) is 0 Å². The third kappa shape index (κ3) is 3.79. The molecule has 3 rings (SSSR count). The molecular formula is C23H27N3O2. The molecule has 3 aromatic rings. The predicted molar refractivity (Wildman–Crippen MR) is 114 cm³/mol. The lowest BCUT2D eigenvalue weighted by atomic mass is 10.0. The largest absolute Gasteiger partial charge is 0.493 e. The maximum absolute atomic E-state index is 5.45. The first kappa shape index (κ1) is 19.7. The molecule has 5 heteroatoms. The van der Waals surface area contributed by atoms with Crippen molar-refractivity contribution in [3.05, 3.63) is 58.4 Å². The molecule has 0 atom stereocenters. The molecule has 28 heavy (non-hydrogen) atoms. The molecule has 0 amide bonds. The van der Waals surface area contributed by atoms with E-state index < -0.39 is 0 Å². The van der Waals surface area contributed by atoms with Crippen LogP contribution in [0.15, 0.2) is 30.3 Å². The normalized spacial score (nSPS) is 10.7. The molecule has 1 N–H and O–H groups in total. The van der Waals surface area contributed by atoms with Crippen molar-refractivity contribution < 1.29 is 9.47 Å². The third-order valence-corrected chi connectivity index (χ3v) is 4.84. The van der Waals surface area contributed by atoms with Gasteiger partial charge in [0.1, 0.15) is 11.6 Å². The van der Waals surface area contributed by atoms with Crippen molar-refractivity contribution in [2.75, 3.05) is 19.5 Å². The van der Waals surface area contributed by atoms with Crippen molar-refractivity contribution in [3.63, 3.8) is 0 Å². The highest BCUT2D eigenvalue weighted by atomic mass is 16.5. The molecule has 1 aromatic heterocycles. The monoisotopic (exact) mass is 377 g/mol. The van der Waals surface area contributed by atoms with Crippen LogP contribution in [-0.4, -0.2) is 24.2 Å². The molecule has 0 aliphatic carbocycles. The minimum absolute atomic E-state index is 0.676. The molecule has 0 saturated heterocycles. The van der Waals surface area contributed by atoms with Crippen LogP contribution in [0.5, 0.6) is 11.5 Å². The van der Waals surface area contributed by atoms with Crippen molar-refractivity contribution in [1.29, 1.82) is 0 Å². The van der Waals surface area contributed by atoms with Gasteiger partial charge in [0.05, 0.1) is 19.9 Å². The molecule has 0 spiro atoms. The van der Waals surface area contributed by atoms with E-state index in [1.165, 1.54) is 16.7 Å². The Labute approximate surface area is 166 Å². The van der Waals surface area contributed by atoms with Gasteiger partial charge in [-0.05, 0) is 63.9 Å². The zero-order chi connectivity index (χ0) is 20.4. The van der Waals surface area contributed by atoms with E-state index in [0.717, 1.165) is 28.3 Å². The summed E-state index contributed by atoms with van der Waals surface area (Å²) in [6.45, 7) is 10.3. The number of hydrogen-bond donors (Lipinski definition) is 1. The summed E-state index contributed by atoms with van der Waals surface area (Å²) in [6.07, 6.45) is 0. The predicted octanol–water partition coefficient (Wildman–Crippen LogP) is 5.45. The highest BCUT2D eigenvalue weighted by Crippen LogP contribution is 2.35. The molecule has 0 fully saturated rings. The zero-order valence-corrected chi connectivity index (χ0v) is 17.6. The average molecular weight is 377 g/mol. The van der Waals surface area contributed by atoms with Gasteiger partial charge in [0, 0.05) is 16.8 Å². The quantitative estimate of drug-likeness (QED) is 0.641. The molecule has 0 bridgehead atoms. The summed E-state index contributed by atoms with van der Waals surface area (Å²) in [7, 11) is 3.27. The lowest BCUT2D eigenvalue weighted by molar-refractivity contribution is 0.355. The van der Waals surface area contributed by atoms with Gasteiger partial charge in [-0.2, -0.15) is 0 Å². The van der Waals surface area contributed by atoms with Gasteiger partial charge >= 0.3 is 0 Å². The van der Waals surface area contributed by atoms with Crippen molar-refractivity contribution >= 4 is 11.5 Å². The van der Waals surface area contributed by atoms with E-state index in [0.29, 0.717) is 17.3 Å². The molecule has 1 heterocycles. The number of anilines is 2. The minimum atomic E-state index is 0.676. The summed E-state index contributed by atoms with van der Waals surface area (Å²) in [5, 5.41) is 3.53. The average Bonchev–Trinajstić information content (AvgIpc) is 2.66. The van der Waals surface area contributed by atoms with E-state index in [1.54, 1.807) is 14.2 Å². The van der Waals surface area contributed by atoms with Crippen LogP contribution in [0.3, 0.4) is 0 Å². The van der Waals surface area contributed by atoms with Crippen LogP contribution in [0.25, 0.3) is 11.3 Å². The molecule has 0 aliphatic heterocycles. The zero-order valence-electron chi connectivity index (χ0n) is 17.6. The maximum Gasteiger partial charge on any atom is 0.161 e. The second-order valence-electron chi connectivity index (χ2n) is 7.06. The highest BCUT2D eigenvalue weighted by Gasteiger charge is 2.15. The molecular weight excluding hydrogens is 350 g/mol. The number of nitrogens with zero attached hydrogens (tertiary/aromatic N) is 2. The second-order valence-corrected chi connectivity index (χ2v) is 7.06. The summed E-state index contributed by atoms with van der Waals surface area (Å²) < 4.78 is 10.8. The molecule has 0 radical (unpaired) electrons. The van der Waals surface area contributed by atoms with Crippen molar-refractivity contribution in [1.82, 2.24) is 9.97 Å². The Morgan fingerprint density at radius 3 is 2.04 bits per heavy atom. The van der Waals surface area contributed by atoms with E-state index in [9.17, 15) is 0 Å². The lowest BCUT2D eigenvalue weighted by Gasteiger charge is -2.17. The smallest absolute Gasteiger partial charge is 0.161 e. The standard InChI is InChI=1S/C23H27N3O2/c1-13-10-14(2)21(15(3)11-13)26-23-16(4)22(24-17(5)25-23)18-8-9-19(27-6)20(12-18)28-7/h8-12H,1-7H3,(H,24,25,26). The molecule has 0 saturated carbocycles. The molecule has 0 aliphatic rings. The Hall–Kier alpha value is -3.08. The van der Waals surface area contributed by atoms with E-state index in [4.69, 9.17) is 9.47 Å². The van der Waals surface area contributed by atoms with Crippen LogP contribution in [0.4, 0.5) is 11.5 Å². The summed E-state index contributed by atoms with van der Waals surface area (Å²) in [5.74, 6) is 2.89. The lowest BCUT2D eigenvalue weighted by Crippen LogP contribution is -2.05. The highest BCUT2D eigenvalue weighted by molar-refractivity contribution is 5.74. The van der Waals surface area contributed by atoms with Gasteiger partial charge in [0.2, 0.25) is 0 Å². The fourth-order valence-electron chi connectivity index (χ4n) is 3.51. The van der Waals surface area contributed by atoms with Gasteiger partial charge in [-0.1, -0.05) is 17.7 Å². The number of hydrogen-bond acceptors (Lipinski definition) is 5. The van der Waals surface area contributed by atoms with E-state index in [-0.39, 0.29) is 0 Å². The first-order chi connectivity index (χ1) is 13.3. The Morgan fingerprint density at radius 1 is 0.786 bits per heavy atom. The van der Waals surface area contributed by atoms with Gasteiger partial charge in [-0.25, -0.2) is 9.97 Å². The fraction of sp³-hybridized carbons (Fsp3) is 0.304. The number of aromatic nitrogens is 2. The minimum Gasteiger partial charge on any atom is -0.493 e. The number of ether oxygens (including phenoxy) is 2. The molecule has 0 unspecified atom stereocenters. The number of nitrogens with one attached hydrogen (secondary N) is 1. The maximum atomic E-state index is 5.45. The Kier molecular flexibility index (Phi) is 5.54. The number of methoxy groups -OCH3 is 2. The van der Waals surface area contributed by atoms with Gasteiger partial charge in [0.15, 0.2) is 11.5 Å². The van der Waals surface area contributed by atoms with E-state index >= 15 is 0 Å². The van der Waals surface area contributed by atoms with Gasteiger partial charge in [-0.3, -0.25) is 0 Å². The van der Waals surface area contributed by atoms with E-state index in [1.807, 2.05) is 32.0 Å². The van der Waals surface area contributed by atoms with Gasteiger partial charge in [-0.15, -0.1) is 0 Å². The van der Waals surface area contributed by atoms with Crippen LogP contribution in [0.2, 0.25) is 0 Å². The van der Waals surface area contributed by atoms with Crippen molar-refractivity contribution in [2.45, 2.75) is 34.6 Å². The van der Waals surface area contributed by atoms with Crippen molar-refractivity contribution in [2.24, 2.45) is 0 Å². The van der Waals surface area contributed by atoms with Crippen LogP contribution in [0, 0.1) is 34.6 Å². The molecule has 146 valence electrons. The second kappa shape index (κ2) is 7.89. The fourth-order valence-corrected chi connectivity index (χ4v) is 3.51. The SMILES string of the molecule is COc1ccc(-c2nc(C)nc(Nc3c(C)cc(C)cc3C)c2C)cc1OC. The van der Waals surface area contributed by atoms with Crippen molar-refractivity contribution in [3.8, 4) is 22.8 Å². The third-order valence-electron chi connectivity index (χ3n) is 4.84.